The van der Waals surface area contributed by atoms with E-state index in [1.165, 1.54) is 179 Å². The highest BCUT2D eigenvalue weighted by Gasteiger charge is 2.59. The summed E-state index contributed by atoms with van der Waals surface area (Å²) in [7, 11) is 1.77. The van der Waals surface area contributed by atoms with E-state index in [2.05, 4.69) is 143 Å². The van der Waals surface area contributed by atoms with Gasteiger partial charge in [-0.3, -0.25) is 14.3 Å². The van der Waals surface area contributed by atoms with E-state index in [9.17, 15) is 19.8 Å². The molecule has 3 atom stereocenters. The summed E-state index contributed by atoms with van der Waals surface area (Å²) in [6, 6.07) is 0. The zero-order chi connectivity index (χ0) is 69.7. The van der Waals surface area contributed by atoms with E-state index in [1.807, 2.05) is 0 Å². The Bertz CT molecular complexity index is 2520. The highest BCUT2D eigenvalue weighted by atomic mass is 16.3. The van der Waals surface area contributed by atoms with Crippen molar-refractivity contribution in [1.82, 2.24) is 25.4 Å². The van der Waals surface area contributed by atoms with Gasteiger partial charge in [0.1, 0.15) is 12.2 Å². The second-order valence-corrected chi connectivity index (χ2v) is 41.4. The van der Waals surface area contributed by atoms with Gasteiger partial charge in [-0.2, -0.15) is 5.10 Å². The van der Waals surface area contributed by atoms with Crippen LogP contribution in [0, 0.1) is 119 Å². The summed E-state index contributed by atoms with van der Waals surface area (Å²) in [5, 5.41) is 30.3. The standard InChI is InChI=1S/C16H29NO2.C13H23NO.C13H22O.C12H22.2C11H20.C10H17N3/c1-12(2)15-5-8-16(9-6-15,10-7-15)13(18)17-11-14(3,4)19;1-10(2)12-4-7-13(8-5-12,9-6-12)11(15)14-3;1-9(2)12-4-10-3-11(5-12)7-13(14,6-10)8-12;1-10(2)12-7-4-11(3,5-8-12)6-9-12;2*1-9(2)11-6-4-10(3,8-11)5-7-11;1-8(2)9-3-4-10-11-7-12-13(10)6-5-9/h12,19H,5-11H2,1-4H3,(H,17,18);10H,4-9H2,1-3H3,(H,14,15);9-11,14H,3-8H2,1-2H3;10H,4-9H2,1-3H3;2*9H,4-8H2,1-3H3;7-9H,3-6H2,1-2H3. The van der Waals surface area contributed by atoms with Gasteiger partial charge in [-0.1, -0.05) is 118 Å². The summed E-state index contributed by atoms with van der Waals surface area (Å²) in [6.45, 7) is 45.5. The van der Waals surface area contributed by atoms with Gasteiger partial charge in [0.2, 0.25) is 11.8 Å². The maximum Gasteiger partial charge on any atom is 0.226 e. The predicted molar refractivity (Wildman–Crippen MR) is 396 cm³/mol. The van der Waals surface area contributed by atoms with Crippen LogP contribution in [0.5, 0.6) is 0 Å². The van der Waals surface area contributed by atoms with E-state index in [0.29, 0.717) is 28.7 Å². The molecule has 19 rings (SSSR count). The van der Waals surface area contributed by atoms with Crippen molar-refractivity contribution < 1.29 is 19.8 Å². The molecule has 4 N–H and O–H groups in total. The molecule has 0 aromatic carbocycles. The molecule has 1 aromatic heterocycles. The number of aliphatic hydroxyl groups is 2. The van der Waals surface area contributed by atoms with Crippen molar-refractivity contribution >= 4 is 11.8 Å². The Morgan fingerprint density at radius 2 is 0.853 bits per heavy atom. The number of fused-ring (bicyclic) bond motifs is 14. The van der Waals surface area contributed by atoms with E-state index >= 15 is 0 Å². The van der Waals surface area contributed by atoms with Gasteiger partial charge in [-0.25, -0.2) is 4.98 Å². The van der Waals surface area contributed by atoms with Crippen molar-refractivity contribution in [3.05, 3.63) is 12.2 Å². The molecule has 1 aromatic rings. The molecule has 14 bridgehead atoms. The summed E-state index contributed by atoms with van der Waals surface area (Å²) in [5.74, 6) is 10.0. The lowest BCUT2D eigenvalue weighted by atomic mass is 9.45. The molecular weight excluding hydrogens is 1170 g/mol. The fourth-order valence-corrected chi connectivity index (χ4v) is 24.6. The highest BCUT2D eigenvalue weighted by Crippen LogP contribution is 2.68. The molecule has 9 heteroatoms. The second kappa shape index (κ2) is 29.0. The van der Waals surface area contributed by atoms with Crippen LogP contribution in [-0.2, 0) is 22.6 Å². The largest absolute Gasteiger partial charge is 0.390 e. The first-order chi connectivity index (χ1) is 44.2. The van der Waals surface area contributed by atoms with Crippen LogP contribution in [0.1, 0.15) is 369 Å². The summed E-state index contributed by atoms with van der Waals surface area (Å²) in [5.41, 5.74) is 4.93. The van der Waals surface area contributed by atoms with Crippen LogP contribution >= 0.6 is 0 Å². The van der Waals surface area contributed by atoms with Crippen molar-refractivity contribution in [2.75, 3.05) is 13.6 Å². The summed E-state index contributed by atoms with van der Waals surface area (Å²) >= 11 is 0. The van der Waals surface area contributed by atoms with Gasteiger partial charge in [0.05, 0.1) is 11.2 Å². The number of hydrogen-bond donors (Lipinski definition) is 4. The first-order valence-electron chi connectivity index (χ1n) is 41.0. The van der Waals surface area contributed by atoms with Gasteiger partial charge in [0.15, 0.2) is 0 Å². The molecule has 3 unspecified atom stereocenters. The van der Waals surface area contributed by atoms with Crippen LogP contribution in [0.2, 0.25) is 0 Å². The van der Waals surface area contributed by atoms with Gasteiger partial charge in [0, 0.05) is 37.4 Å². The fraction of sp³-hybridized carbons (Fsp3) is 0.953. The first kappa shape index (κ1) is 77.2. The van der Waals surface area contributed by atoms with E-state index in [0.717, 1.165) is 162 Å². The third-order valence-corrected chi connectivity index (χ3v) is 33.1. The molecule has 95 heavy (non-hydrogen) atoms. The van der Waals surface area contributed by atoms with Crippen LogP contribution in [0.4, 0.5) is 0 Å². The molecule has 18 aliphatic rings. The zero-order valence-corrected chi connectivity index (χ0v) is 66.0. The van der Waals surface area contributed by atoms with Crippen LogP contribution < -0.4 is 10.6 Å². The topological polar surface area (TPSA) is 129 Å². The van der Waals surface area contributed by atoms with Crippen LogP contribution in [-0.4, -0.2) is 61.6 Å². The van der Waals surface area contributed by atoms with Crippen molar-refractivity contribution in [3.63, 3.8) is 0 Å². The molecule has 546 valence electrons. The molecule has 1 aliphatic heterocycles. The lowest BCUT2D eigenvalue weighted by Gasteiger charge is -2.62. The monoisotopic (exact) mass is 1320 g/mol. The Labute approximate surface area is 585 Å². The molecule has 2 heterocycles. The molecule has 17 fully saturated rings. The Morgan fingerprint density at radius 1 is 0.495 bits per heavy atom. The molecule has 17 aliphatic carbocycles. The molecule has 9 nitrogen and oxygen atoms in total. The van der Waals surface area contributed by atoms with Gasteiger partial charge in [-0.15, -0.1) is 0 Å². The number of nitrogens with zero attached hydrogens (tertiary/aromatic N) is 3. The van der Waals surface area contributed by atoms with Crippen molar-refractivity contribution in [3.8, 4) is 0 Å². The average Bonchev–Trinajstić information content (AvgIpc) is 1.72. The minimum atomic E-state index is -0.822. The number of aromatic nitrogens is 3. The molecule has 2 amide bonds. The van der Waals surface area contributed by atoms with Gasteiger partial charge in [0.25, 0.3) is 0 Å². The molecule has 0 spiro atoms. The Hall–Kier alpha value is -2.00. The number of aryl methyl sites for hydroxylation is 2. The van der Waals surface area contributed by atoms with Crippen LogP contribution in [0.3, 0.4) is 0 Å². The third-order valence-electron chi connectivity index (χ3n) is 33.1. The second-order valence-electron chi connectivity index (χ2n) is 41.4. The Morgan fingerprint density at radius 3 is 1.17 bits per heavy atom. The first-order valence-corrected chi connectivity index (χ1v) is 41.0. The number of rotatable bonds is 11. The quantitative estimate of drug-likeness (QED) is 0.175. The van der Waals surface area contributed by atoms with E-state index < -0.39 is 5.60 Å². The Kier molecular flexibility index (Phi) is 23.6. The number of nitrogens with one attached hydrogen (secondary N) is 2. The van der Waals surface area contributed by atoms with E-state index in [4.69, 9.17) is 0 Å². The van der Waals surface area contributed by atoms with Crippen molar-refractivity contribution in [2.24, 2.45) is 119 Å². The lowest BCUT2D eigenvalue weighted by molar-refractivity contribution is -0.177. The van der Waals surface area contributed by atoms with Gasteiger partial charge in [-0.05, 0) is 353 Å². The number of carbonyl (C=O) groups is 2. The third kappa shape index (κ3) is 16.7. The summed E-state index contributed by atoms with van der Waals surface area (Å²) in [6.07, 6.45) is 50.9. The highest BCUT2D eigenvalue weighted by molar-refractivity contribution is 5.83. The predicted octanol–water partition coefficient (Wildman–Crippen LogP) is 21.7. The summed E-state index contributed by atoms with van der Waals surface area (Å²) < 4.78 is 2.06. The molecular formula is C86H153N5O4. The van der Waals surface area contributed by atoms with Gasteiger partial charge < -0.3 is 20.8 Å². The van der Waals surface area contributed by atoms with E-state index in [-0.39, 0.29) is 22.3 Å². The minimum absolute atomic E-state index is 0.00535. The van der Waals surface area contributed by atoms with Crippen LogP contribution in [0.15, 0.2) is 6.33 Å². The molecule has 0 saturated heterocycles. The lowest BCUT2D eigenvalue weighted by Crippen LogP contribution is -2.57. The molecule has 0 radical (unpaired) electrons. The number of carbonyl (C=O) groups excluding carboxylic acids is 2. The maximum atomic E-state index is 12.5. The molecule has 17 saturated carbocycles. The van der Waals surface area contributed by atoms with Crippen molar-refractivity contribution in [1.29, 1.82) is 0 Å². The van der Waals surface area contributed by atoms with Crippen molar-refractivity contribution in [2.45, 2.75) is 387 Å². The minimum Gasteiger partial charge on any atom is -0.390 e. The maximum absolute atomic E-state index is 12.5. The van der Waals surface area contributed by atoms with E-state index in [1.54, 1.807) is 27.2 Å². The smallest absolute Gasteiger partial charge is 0.226 e. The average molecular weight is 1320 g/mol. The SMILES string of the molecule is CC(C)C12CC3CC(CC(O)(C3)C1)C2.CC(C)C12CCC(C(=O)NCC(C)(C)O)(CC1)CC2.CC(C)C12CCC(C)(CC1)C2.CC(C)C12CCC(C)(CC1)C2.CC(C)C12CCC(C)(CC1)CC2.CC(C)C1CCc2ncnn2CC1.CNC(=O)C12CCC(C(C)C)(CC1)CC2. The summed E-state index contributed by atoms with van der Waals surface area (Å²) in [4.78, 5) is 28.6. The zero-order valence-electron chi connectivity index (χ0n) is 66.0. The number of hydrogen-bond acceptors (Lipinski definition) is 6. The van der Waals surface area contributed by atoms with Crippen LogP contribution in [0.25, 0.3) is 0 Å². The number of amides is 2. The van der Waals surface area contributed by atoms with Gasteiger partial charge >= 0.3 is 0 Å². The normalized spacial score (nSPS) is 41.8. The fourth-order valence-electron chi connectivity index (χ4n) is 24.6. The Balaban J connectivity index is 0.000000131.